The average Bonchev–Trinajstić information content (AvgIpc) is 3.11. The number of epoxide rings is 1. The van der Waals surface area contributed by atoms with Crippen molar-refractivity contribution in [3.63, 3.8) is 0 Å². The minimum absolute atomic E-state index is 0.0107. The minimum atomic E-state index is -1.66. The minimum Gasteiger partial charge on any atom is -0.472 e. The predicted molar refractivity (Wildman–Crippen MR) is 121 cm³/mol. The van der Waals surface area contributed by atoms with Crippen molar-refractivity contribution in [2.75, 3.05) is 7.11 Å². The number of esters is 2. The van der Waals surface area contributed by atoms with Crippen molar-refractivity contribution in [1.82, 2.24) is 0 Å². The van der Waals surface area contributed by atoms with Crippen LogP contribution in [0.3, 0.4) is 0 Å². The van der Waals surface area contributed by atoms with Crippen LogP contribution in [-0.2, 0) is 28.6 Å². The number of Topliss-reactive ketones (excluding diaryl/α,β-unsaturated/α-hetero) is 1. The second kappa shape index (κ2) is 6.47. The van der Waals surface area contributed by atoms with E-state index in [1.165, 1.54) is 19.6 Å². The van der Waals surface area contributed by atoms with E-state index in [4.69, 9.17) is 18.6 Å². The number of cyclic esters (lactones) is 1. The van der Waals surface area contributed by atoms with Gasteiger partial charge in [0.1, 0.15) is 23.4 Å². The van der Waals surface area contributed by atoms with E-state index in [0.29, 0.717) is 18.4 Å². The SMILES string of the molecule is COC(=O)[C@@H](O)[C@H]1[C@]2(C)C[C@@]3(O)[C@@H](C(=O)[C@H]2O)[C@]24O[C@]25CC(=O)O[C@@H](c2ccoc2)[C@]5(C)CC[C@@H]4[C@]13C. The third kappa shape index (κ3) is 2.11. The monoisotopic (exact) mass is 516 g/mol. The Hall–Kier alpha value is -2.27. The van der Waals surface area contributed by atoms with Crippen LogP contribution in [0, 0.1) is 34.0 Å². The Morgan fingerprint density at radius 2 is 1.97 bits per heavy atom. The lowest BCUT2D eigenvalue weighted by Gasteiger charge is -2.54. The number of hydrogen-bond donors (Lipinski definition) is 3. The molecular formula is C27H32O10. The zero-order chi connectivity index (χ0) is 26.6. The standard InChI is InChI=1S/C27H32O10/c1-22-11-25(33)18(15(29)19(22)31)27-13(24(25,3)17(22)16(30)21(32)34-4)5-7-23(2)20(12-6-8-35-10-12)36-14(28)9-26(23,27)37-27/h6,8,10,13,16-20,30-31,33H,5,7,9,11H2,1-4H3/t13-,16+,17+,18-,19-,20+,22+,23+,24-,25-,26+,27+/m1/s1. The maximum Gasteiger partial charge on any atom is 0.335 e. The first-order valence-corrected chi connectivity index (χ1v) is 12.9. The first kappa shape index (κ1) is 23.8. The third-order valence-electron chi connectivity index (χ3n) is 11.9. The van der Waals surface area contributed by atoms with Crippen molar-refractivity contribution < 1.29 is 48.3 Å². The zero-order valence-electron chi connectivity index (χ0n) is 21.2. The van der Waals surface area contributed by atoms with Crippen molar-refractivity contribution in [3.05, 3.63) is 24.2 Å². The van der Waals surface area contributed by atoms with Gasteiger partial charge >= 0.3 is 11.9 Å². The second-order valence-electron chi connectivity index (χ2n) is 12.9. The van der Waals surface area contributed by atoms with Gasteiger partial charge in [0.15, 0.2) is 11.9 Å². The van der Waals surface area contributed by atoms with E-state index in [9.17, 15) is 29.7 Å². The van der Waals surface area contributed by atoms with Gasteiger partial charge in [0, 0.05) is 33.6 Å². The molecule has 2 spiro atoms. The smallest absolute Gasteiger partial charge is 0.335 e. The molecule has 37 heavy (non-hydrogen) atoms. The summed E-state index contributed by atoms with van der Waals surface area (Å²) in [7, 11) is 1.17. The number of aliphatic hydroxyl groups excluding tert-OH is 2. The highest BCUT2D eigenvalue weighted by molar-refractivity contribution is 5.93. The van der Waals surface area contributed by atoms with Crippen molar-refractivity contribution in [2.45, 2.75) is 81.6 Å². The van der Waals surface area contributed by atoms with Crippen molar-refractivity contribution in [3.8, 4) is 0 Å². The predicted octanol–water partition coefficient (Wildman–Crippen LogP) is 1.06. The van der Waals surface area contributed by atoms with E-state index in [1.54, 1.807) is 19.9 Å². The topological polar surface area (TPSA) is 156 Å². The van der Waals surface area contributed by atoms with Crippen LogP contribution in [0.4, 0.5) is 0 Å². The average molecular weight is 517 g/mol. The quantitative estimate of drug-likeness (QED) is 0.392. The fourth-order valence-electron chi connectivity index (χ4n) is 10.6. The Morgan fingerprint density at radius 3 is 2.62 bits per heavy atom. The molecule has 0 unspecified atom stereocenters. The molecule has 2 aliphatic heterocycles. The van der Waals surface area contributed by atoms with Gasteiger partial charge in [0.05, 0.1) is 37.6 Å². The number of carbonyl (C=O) groups excluding carboxylic acids is 3. The molecule has 0 radical (unpaired) electrons. The highest BCUT2D eigenvalue weighted by atomic mass is 16.7. The summed E-state index contributed by atoms with van der Waals surface area (Å²) in [5.74, 6) is -4.48. The zero-order valence-corrected chi connectivity index (χ0v) is 21.2. The summed E-state index contributed by atoms with van der Waals surface area (Å²) in [6.45, 7) is 5.44. The van der Waals surface area contributed by atoms with E-state index in [2.05, 4.69) is 0 Å². The van der Waals surface area contributed by atoms with E-state index in [0.717, 1.165) is 0 Å². The highest BCUT2D eigenvalue weighted by Crippen LogP contribution is 2.88. The maximum absolute atomic E-state index is 14.0. The van der Waals surface area contributed by atoms with E-state index < -0.39 is 86.8 Å². The van der Waals surface area contributed by atoms with Gasteiger partial charge in [-0.25, -0.2) is 4.79 Å². The summed E-state index contributed by atoms with van der Waals surface area (Å²) >= 11 is 0. The van der Waals surface area contributed by atoms with Gasteiger partial charge in [-0.2, -0.15) is 0 Å². The number of ketones is 1. The number of fused-ring (bicyclic) bond motifs is 2. The molecule has 200 valence electrons. The Kier molecular flexibility index (Phi) is 4.17. The van der Waals surface area contributed by atoms with Gasteiger partial charge in [-0.1, -0.05) is 20.8 Å². The van der Waals surface area contributed by atoms with Gasteiger partial charge < -0.3 is 33.9 Å². The van der Waals surface area contributed by atoms with Crippen LogP contribution in [0.5, 0.6) is 0 Å². The van der Waals surface area contributed by atoms with Gasteiger partial charge in [-0.3, -0.25) is 9.59 Å². The Labute approximate surface area is 213 Å². The molecule has 6 fully saturated rings. The van der Waals surface area contributed by atoms with Crippen LogP contribution in [-0.4, -0.2) is 69.2 Å². The highest BCUT2D eigenvalue weighted by Gasteiger charge is 2.99. The van der Waals surface area contributed by atoms with Crippen LogP contribution < -0.4 is 0 Å². The molecule has 3 heterocycles. The second-order valence-corrected chi connectivity index (χ2v) is 12.9. The number of rotatable bonds is 3. The summed E-state index contributed by atoms with van der Waals surface area (Å²) in [6.07, 6.45) is 0.133. The molecule has 0 amide bonds. The van der Waals surface area contributed by atoms with Gasteiger partial charge in [0.2, 0.25) is 0 Å². The largest absolute Gasteiger partial charge is 0.472 e. The molecule has 3 N–H and O–H groups in total. The molecule has 2 saturated heterocycles. The molecule has 4 aliphatic carbocycles. The summed E-state index contributed by atoms with van der Waals surface area (Å²) in [5.41, 5.74) is -6.52. The lowest BCUT2D eigenvalue weighted by Crippen LogP contribution is -2.64. The van der Waals surface area contributed by atoms with Crippen LogP contribution >= 0.6 is 0 Å². The van der Waals surface area contributed by atoms with Crippen molar-refractivity contribution >= 4 is 17.7 Å². The summed E-state index contributed by atoms with van der Waals surface area (Å²) in [6, 6.07) is 1.74. The first-order valence-electron chi connectivity index (χ1n) is 12.9. The van der Waals surface area contributed by atoms with Crippen LogP contribution in [0.15, 0.2) is 23.0 Å². The molecule has 10 heteroatoms. The lowest BCUT2D eigenvalue weighted by atomic mass is 9.48. The molecule has 10 nitrogen and oxygen atoms in total. The normalized spacial score (nSPS) is 55.6. The van der Waals surface area contributed by atoms with Crippen LogP contribution in [0.25, 0.3) is 0 Å². The number of hydrogen-bond acceptors (Lipinski definition) is 10. The third-order valence-corrected chi connectivity index (χ3v) is 11.9. The molecule has 4 saturated carbocycles. The fraction of sp³-hybridized carbons (Fsp3) is 0.741. The summed E-state index contributed by atoms with van der Waals surface area (Å²) < 4.78 is 22.7. The van der Waals surface area contributed by atoms with E-state index in [-0.39, 0.29) is 12.8 Å². The molecule has 12 atom stereocenters. The van der Waals surface area contributed by atoms with Crippen molar-refractivity contribution in [2.24, 2.45) is 34.0 Å². The molecule has 1 aromatic heterocycles. The van der Waals surface area contributed by atoms with Crippen LogP contribution in [0.2, 0.25) is 0 Å². The Balaban J connectivity index is 1.45. The van der Waals surface area contributed by atoms with E-state index in [1.807, 2.05) is 6.92 Å². The van der Waals surface area contributed by atoms with Gasteiger partial charge in [0.25, 0.3) is 0 Å². The number of carbonyl (C=O) groups is 3. The molecular weight excluding hydrogens is 484 g/mol. The van der Waals surface area contributed by atoms with Gasteiger partial charge in [-0.15, -0.1) is 0 Å². The number of methoxy groups -OCH3 is 1. The summed E-state index contributed by atoms with van der Waals surface area (Å²) in [4.78, 5) is 39.8. The Morgan fingerprint density at radius 1 is 1.24 bits per heavy atom. The molecule has 0 aromatic carbocycles. The number of ether oxygens (including phenoxy) is 3. The van der Waals surface area contributed by atoms with Crippen LogP contribution in [0.1, 0.15) is 58.1 Å². The van der Waals surface area contributed by atoms with E-state index >= 15 is 0 Å². The number of furan rings is 1. The first-order chi connectivity index (χ1) is 17.3. The Bertz CT molecular complexity index is 1240. The maximum atomic E-state index is 14.0. The fourth-order valence-corrected chi connectivity index (χ4v) is 10.6. The lowest BCUT2D eigenvalue weighted by molar-refractivity contribution is -0.185. The number of aliphatic hydroxyl groups is 3. The molecule has 2 bridgehead atoms. The molecule has 6 aliphatic rings. The molecule has 7 rings (SSSR count). The van der Waals surface area contributed by atoms with Crippen molar-refractivity contribution in [1.29, 1.82) is 0 Å². The summed E-state index contributed by atoms with van der Waals surface area (Å²) in [5, 5.41) is 35.2. The van der Waals surface area contributed by atoms with Gasteiger partial charge in [-0.05, 0) is 25.3 Å². The molecule has 1 aromatic rings.